The highest BCUT2D eigenvalue weighted by molar-refractivity contribution is 5.83. The van der Waals surface area contributed by atoms with E-state index in [0.29, 0.717) is 13.1 Å². The molecule has 0 bridgehead atoms. The van der Waals surface area contributed by atoms with Gasteiger partial charge in [0.1, 0.15) is 6.04 Å². The van der Waals surface area contributed by atoms with Crippen LogP contribution in [0.4, 0.5) is 0 Å². The summed E-state index contributed by atoms with van der Waals surface area (Å²) in [5.74, 6) is -0.102. The highest BCUT2D eigenvalue weighted by atomic mass is 16.3. The van der Waals surface area contributed by atoms with Gasteiger partial charge in [0.25, 0.3) is 0 Å². The Kier molecular flexibility index (Phi) is 3.76. The van der Waals surface area contributed by atoms with Crippen molar-refractivity contribution in [2.24, 2.45) is 5.73 Å². The van der Waals surface area contributed by atoms with Crippen LogP contribution >= 0.6 is 0 Å². The summed E-state index contributed by atoms with van der Waals surface area (Å²) < 4.78 is 0. The molecule has 0 spiro atoms. The maximum Gasteiger partial charge on any atom is 0.244 e. The van der Waals surface area contributed by atoms with Crippen molar-refractivity contribution in [3.63, 3.8) is 0 Å². The Labute approximate surface area is 101 Å². The van der Waals surface area contributed by atoms with E-state index >= 15 is 0 Å². The molecule has 1 saturated heterocycles. The monoisotopic (exact) mass is 234 g/mol. The van der Waals surface area contributed by atoms with Crippen molar-refractivity contribution in [2.45, 2.75) is 25.0 Å². The molecule has 4 heteroatoms. The van der Waals surface area contributed by atoms with Crippen LogP contribution in [0.2, 0.25) is 0 Å². The largest absolute Gasteiger partial charge is 0.391 e. The van der Waals surface area contributed by atoms with Crippen molar-refractivity contribution in [3.05, 3.63) is 35.9 Å². The number of rotatable bonds is 2. The third-order valence-corrected chi connectivity index (χ3v) is 3.13. The van der Waals surface area contributed by atoms with Crippen LogP contribution in [0.25, 0.3) is 0 Å². The van der Waals surface area contributed by atoms with E-state index in [1.165, 1.54) is 0 Å². The summed E-state index contributed by atoms with van der Waals surface area (Å²) in [7, 11) is 0. The topological polar surface area (TPSA) is 66.6 Å². The van der Waals surface area contributed by atoms with Gasteiger partial charge in [-0.2, -0.15) is 0 Å². The van der Waals surface area contributed by atoms with Crippen molar-refractivity contribution in [2.75, 3.05) is 13.1 Å². The first-order valence-electron chi connectivity index (χ1n) is 5.96. The molecular weight excluding hydrogens is 216 g/mol. The molecule has 1 amide bonds. The van der Waals surface area contributed by atoms with E-state index in [1.54, 1.807) is 4.90 Å². The number of β-amino-alcohol motifs (C(OH)–C–C–N with tert-alkyl or cyclic N) is 1. The summed E-state index contributed by atoms with van der Waals surface area (Å²) in [6, 6.07) is 8.71. The van der Waals surface area contributed by atoms with E-state index in [-0.39, 0.29) is 5.91 Å². The van der Waals surface area contributed by atoms with Gasteiger partial charge >= 0.3 is 0 Å². The second-order valence-electron chi connectivity index (χ2n) is 4.47. The molecule has 0 radical (unpaired) electrons. The molecule has 92 valence electrons. The molecule has 0 aromatic heterocycles. The molecule has 1 aromatic carbocycles. The molecule has 0 saturated carbocycles. The number of nitrogens with two attached hydrogens (primary N) is 1. The van der Waals surface area contributed by atoms with Crippen molar-refractivity contribution in [1.82, 2.24) is 4.90 Å². The number of benzene rings is 1. The molecule has 1 unspecified atom stereocenters. The van der Waals surface area contributed by atoms with Crippen molar-refractivity contribution in [1.29, 1.82) is 0 Å². The zero-order valence-electron chi connectivity index (χ0n) is 9.75. The molecule has 1 aromatic rings. The molecule has 17 heavy (non-hydrogen) atoms. The molecular formula is C13H18N2O2. The number of nitrogens with zero attached hydrogens (tertiary/aromatic N) is 1. The highest BCUT2D eigenvalue weighted by Gasteiger charge is 2.26. The Bertz CT molecular complexity index is 380. The molecule has 2 atom stereocenters. The smallest absolute Gasteiger partial charge is 0.244 e. The van der Waals surface area contributed by atoms with Crippen LogP contribution in [0.1, 0.15) is 24.4 Å². The van der Waals surface area contributed by atoms with Gasteiger partial charge in [0.15, 0.2) is 0 Å². The molecule has 1 aliphatic heterocycles. The number of likely N-dealkylation sites (tertiary alicyclic amines) is 1. The lowest BCUT2D eigenvalue weighted by Crippen LogP contribution is -2.46. The minimum absolute atomic E-state index is 0.102. The van der Waals surface area contributed by atoms with Gasteiger partial charge in [0, 0.05) is 13.1 Å². The number of amides is 1. The third-order valence-electron chi connectivity index (χ3n) is 3.13. The Balaban J connectivity index is 2.04. The van der Waals surface area contributed by atoms with E-state index < -0.39 is 12.1 Å². The van der Waals surface area contributed by atoms with Gasteiger partial charge in [0.05, 0.1) is 6.10 Å². The number of hydrogen-bond acceptors (Lipinski definition) is 3. The number of hydrogen-bond donors (Lipinski definition) is 2. The van der Waals surface area contributed by atoms with Gasteiger partial charge in [-0.05, 0) is 18.4 Å². The fraction of sp³-hybridized carbons (Fsp3) is 0.462. The number of piperidine rings is 1. The fourth-order valence-electron chi connectivity index (χ4n) is 2.15. The van der Waals surface area contributed by atoms with Gasteiger partial charge in [-0.3, -0.25) is 4.79 Å². The lowest BCUT2D eigenvalue weighted by atomic mass is 10.0. The predicted molar refractivity (Wildman–Crippen MR) is 65.2 cm³/mol. The fourth-order valence-corrected chi connectivity index (χ4v) is 2.15. The summed E-state index contributed by atoms with van der Waals surface area (Å²) in [6.45, 7) is 1.09. The summed E-state index contributed by atoms with van der Waals surface area (Å²) >= 11 is 0. The van der Waals surface area contributed by atoms with E-state index in [1.807, 2.05) is 30.3 Å². The summed E-state index contributed by atoms with van der Waals surface area (Å²) in [5.41, 5.74) is 6.76. The number of aliphatic hydroxyl groups excluding tert-OH is 1. The van der Waals surface area contributed by atoms with Gasteiger partial charge in [-0.25, -0.2) is 0 Å². The van der Waals surface area contributed by atoms with Gasteiger partial charge in [0.2, 0.25) is 5.91 Å². The lowest BCUT2D eigenvalue weighted by Gasteiger charge is -2.32. The third kappa shape index (κ3) is 2.84. The number of carbonyl (C=O) groups is 1. The summed E-state index contributed by atoms with van der Waals surface area (Å²) in [6.07, 6.45) is 1.20. The van der Waals surface area contributed by atoms with E-state index in [9.17, 15) is 9.90 Å². The van der Waals surface area contributed by atoms with Crippen LogP contribution in [0.5, 0.6) is 0 Å². The standard InChI is InChI=1S/C13H18N2O2/c14-12(10-5-2-1-3-6-10)13(17)15-8-4-7-11(16)9-15/h1-3,5-6,11-12,16H,4,7-9,14H2/t11?,12-/m0/s1. The van der Waals surface area contributed by atoms with Crippen molar-refractivity contribution >= 4 is 5.91 Å². The van der Waals surface area contributed by atoms with Gasteiger partial charge < -0.3 is 15.7 Å². The maximum absolute atomic E-state index is 12.1. The molecule has 1 fully saturated rings. The van der Waals surface area contributed by atoms with Crippen LogP contribution < -0.4 is 5.73 Å². The minimum Gasteiger partial charge on any atom is -0.391 e. The van der Waals surface area contributed by atoms with E-state index in [4.69, 9.17) is 5.73 Å². The van der Waals surface area contributed by atoms with Gasteiger partial charge in [-0.1, -0.05) is 30.3 Å². The van der Waals surface area contributed by atoms with Crippen molar-refractivity contribution < 1.29 is 9.90 Å². The zero-order valence-corrected chi connectivity index (χ0v) is 9.75. The van der Waals surface area contributed by atoms with Crippen LogP contribution in [-0.2, 0) is 4.79 Å². The number of aliphatic hydroxyl groups is 1. The molecule has 0 aliphatic carbocycles. The highest BCUT2D eigenvalue weighted by Crippen LogP contribution is 2.17. The SMILES string of the molecule is N[C@H](C(=O)N1CCCC(O)C1)c1ccccc1. The Morgan fingerprint density at radius 1 is 1.41 bits per heavy atom. The first-order valence-corrected chi connectivity index (χ1v) is 5.96. The Morgan fingerprint density at radius 2 is 2.12 bits per heavy atom. The molecule has 3 N–H and O–H groups in total. The van der Waals surface area contributed by atoms with Crippen LogP contribution in [0, 0.1) is 0 Å². The van der Waals surface area contributed by atoms with Crippen molar-refractivity contribution in [3.8, 4) is 0 Å². The maximum atomic E-state index is 12.1. The normalized spacial score (nSPS) is 22.2. The summed E-state index contributed by atoms with van der Waals surface area (Å²) in [5, 5.41) is 9.55. The van der Waals surface area contributed by atoms with Crippen LogP contribution in [0.15, 0.2) is 30.3 Å². The quantitative estimate of drug-likeness (QED) is 0.790. The molecule has 4 nitrogen and oxygen atoms in total. The predicted octanol–water partition coefficient (Wildman–Crippen LogP) is 0.670. The second-order valence-corrected chi connectivity index (χ2v) is 4.47. The van der Waals surface area contributed by atoms with E-state index in [2.05, 4.69) is 0 Å². The average molecular weight is 234 g/mol. The molecule has 1 aliphatic rings. The van der Waals surface area contributed by atoms with Crippen LogP contribution in [0.3, 0.4) is 0 Å². The minimum atomic E-state index is -0.624. The number of carbonyl (C=O) groups excluding carboxylic acids is 1. The average Bonchev–Trinajstić information content (AvgIpc) is 2.38. The van der Waals surface area contributed by atoms with Gasteiger partial charge in [-0.15, -0.1) is 0 Å². The summed E-state index contributed by atoms with van der Waals surface area (Å²) in [4.78, 5) is 13.8. The first-order chi connectivity index (χ1) is 8.18. The van der Waals surface area contributed by atoms with Crippen LogP contribution in [-0.4, -0.2) is 35.1 Å². The Hall–Kier alpha value is -1.39. The van der Waals surface area contributed by atoms with E-state index in [0.717, 1.165) is 18.4 Å². The molecule has 2 rings (SSSR count). The first kappa shape index (κ1) is 12.1. The zero-order chi connectivity index (χ0) is 12.3. The Morgan fingerprint density at radius 3 is 2.76 bits per heavy atom. The molecule has 1 heterocycles. The second kappa shape index (κ2) is 5.29. The lowest BCUT2D eigenvalue weighted by molar-refractivity contribution is -0.135.